The minimum absolute atomic E-state index is 0.0876. The molecule has 0 saturated heterocycles. The molecule has 2 N–H and O–H groups in total. The van der Waals surface area contributed by atoms with Crippen LogP contribution in [0.1, 0.15) is 19.9 Å². The molecule has 0 unspecified atom stereocenters. The van der Waals surface area contributed by atoms with Crippen molar-refractivity contribution in [2.45, 2.75) is 19.9 Å². The van der Waals surface area contributed by atoms with Gasteiger partial charge in [-0.05, 0) is 41.5 Å². The molecule has 1 atom stereocenters. The highest BCUT2D eigenvalue weighted by atomic mass is 16.5. The van der Waals surface area contributed by atoms with Gasteiger partial charge < -0.3 is 14.6 Å². The van der Waals surface area contributed by atoms with E-state index in [1.54, 1.807) is 25.3 Å². The maximum Gasteiger partial charge on any atom is 0.247 e. The van der Waals surface area contributed by atoms with Crippen LogP contribution in [0.3, 0.4) is 0 Å². The van der Waals surface area contributed by atoms with Crippen LogP contribution >= 0.6 is 0 Å². The first-order valence-corrected chi connectivity index (χ1v) is 7.95. The van der Waals surface area contributed by atoms with Gasteiger partial charge in [-0.3, -0.25) is 4.79 Å². The Morgan fingerprint density at radius 3 is 2.64 bits per heavy atom. The van der Waals surface area contributed by atoms with Gasteiger partial charge in [-0.2, -0.15) is 5.21 Å². The van der Waals surface area contributed by atoms with Crippen LogP contribution < -0.4 is 10.1 Å². The number of aromatic amines is 1. The van der Waals surface area contributed by atoms with Crippen molar-refractivity contribution in [3.05, 3.63) is 42.7 Å². The van der Waals surface area contributed by atoms with E-state index in [1.165, 1.54) is 0 Å². The molecule has 3 rings (SSSR count). The summed E-state index contributed by atoms with van der Waals surface area (Å²) in [5, 5.41) is 16.9. The van der Waals surface area contributed by atoms with E-state index in [1.807, 2.05) is 42.9 Å². The number of carbonyl (C=O) groups is 1. The van der Waals surface area contributed by atoms with Crippen molar-refractivity contribution in [2.24, 2.45) is 5.92 Å². The van der Waals surface area contributed by atoms with Gasteiger partial charge in [-0.1, -0.05) is 13.8 Å². The molecule has 0 aliphatic rings. The lowest BCUT2D eigenvalue weighted by molar-refractivity contribution is -0.120. The highest BCUT2D eigenvalue weighted by molar-refractivity contribution is 5.94. The molecule has 1 amide bonds. The molecule has 0 spiro atoms. The molecule has 2 aromatic heterocycles. The van der Waals surface area contributed by atoms with Crippen LogP contribution in [0, 0.1) is 5.92 Å². The van der Waals surface area contributed by atoms with Crippen LogP contribution in [0.2, 0.25) is 0 Å². The van der Waals surface area contributed by atoms with E-state index < -0.39 is 0 Å². The number of tetrazole rings is 1. The summed E-state index contributed by atoms with van der Waals surface area (Å²) in [7, 11) is 1.57. The van der Waals surface area contributed by atoms with Crippen molar-refractivity contribution in [1.82, 2.24) is 25.2 Å². The van der Waals surface area contributed by atoms with Crippen LogP contribution in [0.4, 0.5) is 5.69 Å². The topological polar surface area (TPSA) is 97.7 Å². The van der Waals surface area contributed by atoms with E-state index >= 15 is 0 Å². The van der Waals surface area contributed by atoms with Crippen molar-refractivity contribution in [1.29, 1.82) is 0 Å². The first-order valence-electron chi connectivity index (χ1n) is 7.95. The van der Waals surface area contributed by atoms with Gasteiger partial charge in [0.05, 0.1) is 12.7 Å². The number of ether oxygens (including phenoxy) is 1. The fourth-order valence-corrected chi connectivity index (χ4v) is 2.77. The second-order valence-electron chi connectivity index (χ2n) is 5.96. The van der Waals surface area contributed by atoms with Crippen LogP contribution in [0.5, 0.6) is 5.75 Å². The summed E-state index contributed by atoms with van der Waals surface area (Å²) in [6.07, 6.45) is 3.78. The molecule has 130 valence electrons. The molecular weight excluding hydrogens is 320 g/mol. The monoisotopic (exact) mass is 340 g/mol. The number of amides is 1. The number of aromatic nitrogens is 5. The summed E-state index contributed by atoms with van der Waals surface area (Å²) in [6, 6.07) is 8.84. The molecule has 1 aromatic carbocycles. The lowest BCUT2D eigenvalue weighted by atomic mass is 10.0. The lowest BCUT2D eigenvalue weighted by Crippen LogP contribution is -2.29. The molecule has 0 bridgehead atoms. The van der Waals surface area contributed by atoms with Crippen LogP contribution in [0.25, 0.3) is 11.4 Å². The Bertz CT molecular complexity index is 827. The number of nitrogens with one attached hydrogen (secondary N) is 2. The average molecular weight is 340 g/mol. The minimum Gasteiger partial charge on any atom is -0.496 e. The Morgan fingerprint density at radius 1 is 1.28 bits per heavy atom. The molecule has 8 heteroatoms. The molecule has 0 radical (unpaired) electrons. The van der Waals surface area contributed by atoms with Gasteiger partial charge >= 0.3 is 0 Å². The third kappa shape index (κ3) is 3.52. The fourth-order valence-electron chi connectivity index (χ4n) is 2.77. The number of hydrogen-bond acceptors (Lipinski definition) is 5. The van der Waals surface area contributed by atoms with Gasteiger partial charge in [0.15, 0.2) is 0 Å². The summed E-state index contributed by atoms with van der Waals surface area (Å²) in [6.45, 7) is 4.03. The summed E-state index contributed by atoms with van der Waals surface area (Å²) < 4.78 is 7.24. The SMILES string of the molecule is COc1ccc(NC(=O)[C@H](C(C)C)n2cccc2)cc1-c1nn[nH]n1. The van der Waals surface area contributed by atoms with E-state index in [-0.39, 0.29) is 17.9 Å². The van der Waals surface area contributed by atoms with Gasteiger partial charge in [-0.15, -0.1) is 10.2 Å². The van der Waals surface area contributed by atoms with E-state index in [2.05, 4.69) is 25.9 Å². The second-order valence-corrected chi connectivity index (χ2v) is 5.96. The molecule has 3 aromatic rings. The summed E-state index contributed by atoms with van der Waals surface area (Å²) in [4.78, 5) is 12.8. The van der Waals surface area contributed by atoms with Gasteiger partial charge in [0.25, 0.3) is 0 Å². The van der Waals surface area contributed by atoms with Crippen LogP contribution in [0.15, 0.2) is 42.7 Å². The van der Waals surface area contributed by atoms with E-state index in [0.717, 1.165) is 0 Å². The van der Waals surface area contributed by atoms with Crippen LogP contribution in [-0.4, -0.2) is 38.2 Å². The number of methoxy groups -OCH3 is 1. The summed E-state index contributed by atoms with van der Waals surface area (Å²) in [5.41, 5.74) is 1.29. The number of rotatable bonds is 6. The Kier molecular flexibility index (Phi) is 4.78. The van der Waals surface area contributed by atoms with Crippen molar-refractivity contribution in [3.8, 4) is 17.1 Å². The largest absolute Gasteiger partial charge is 0.496 e. The highest BCUT2D eigenvalue weighted by Gasteiger charge is 2.24. The second kappa shape index (κ2) is 7.16. The molecule has 0 aliphatic carbocycles. The lowest BCUT2D eigenvalue weighted by Gasteiger charge is -2.22. The number of H-pyrrole nitrogens is 1. The van der Waals surface area contributed by atoms with Gasteiger partial charge in [-0.25, -0.2) is 0 Å². The van der Waals surface area contributed by atoms with Gasteiger partial charge in [0.2, 0.25) is 11.7 Å². The van der Waals surface area contributed by atoms with Gasteiger partial charge in [0, 0.05) is 18.1 Å². The third-order valence-electron chi connectivity index (χ3n) is 3.90. The molecular formula is C17H20N6O2. The quantitative estimate of drug-likeness (QED) is 0.718. The van der Waals surface area contributed by atoms with Crippen LogP contribution in [-0.2, 0) is 4.79 Å². The Hall–Kier alpha value is -3.16. The molecule has 0 fully saturated rings. The average Bonchev–Trinajstić information content (AvgIpc) is 3.28. The summed E-state index contributed by atoms with van der Waals surface area (Å²) >= 11 is 0. The zero-order valence-electron chi connectivity index (χ0n) is 14.3. The predicted molar refractivity (Wildman–Crippen MR) is 93.1 cm³/mol. The fraction of sp³-hybridized carbons (Fsp3) is 0.294. The maximum absolute atomic E-state index is 12.8. The highest BCUT2D eigenvalue weighted by Crippen LogP contribution is 2.30. The molecule has 0 aliphatic heterocycles. The normalized spacial score (nSPS) is 12.2. The van der Waals surface area contributed by atoms with Crippen molar-refractivity contribution >= 4 is 11.6 Å². The Balaban J connectivity index is 1.87. The molecule has 2 heterocycles. The smallest absolute Gasteiger partial charge is 0.247 e. The minimum atomic E-state index is -0.300. The predicted octanol–water partition coefficient (Wildman–Crippen LogP) is 2.51. The van der Waals surface area contributed by atoms with Crippen molar-refractivity contribution in [3.63, 3.8) is 0 Å². The number of benzene rings is 1. The summed E-state index contributed by atoms with van der Waals surface area (Å²) in [5.74, 6) is 1.06. The number of nitrogens with zero attached hydrogens (tertiary/aromatic N) is 4. The Labute approximate surface area is 145 Å². The zero-order chi connectivity index (χ0) is 17.8. The maximum atomic E-state index is 12.8. The van der Waals surface area contributed by atoms with E-state index in [0.29, 0.717) is 22.8 Å². The van der Waals surface area contributed by atoms with E-state index in [4.69, 9.17) is 4.74 Å². The molecule has 25 heavy (non-hydrogen) atoms. The van der Waals surface area contributed by atoms with Crippen molar-refractivity contribution < 1.29 is 9.53 Å². The number of anilines is 1. The van der Waals surface area contributed by atoms with Gasteiger partial charge in [0.1, 0.15) is 11.8 Å². The molecule has 0 saturated carbocycles. The first kappa shape index (κ1) is 16.7. The number of hydrogen-bond donors (Lipinski definition) is 2. The number of carbonyl (C=O) groups excluding carboxylic acids is 1. The van der Waals surface area contributed by atoms with Crippen molar-refractivity contribution in [2.75, 3.05) is 12.4 Å². The first-order chi connectivity index (χ1) is 12.1. The van der Waals surface area contributed by atoms with E-state index in [9.17, 15) is 4.79 Å². The molecule has 8 nitrogen and oxygen atoms in total. The third-order valence-corrected chi connectivity index (χ3v) is 3.90. The zero-order valence-corrected chi connectivity index (χ0v) is 14.3. The standard InChI is InChI=1S/C17H20N6O2/c1-11(2)15(23-8-4-5-9-23)17(24)18-12-6-7-14(25-3)13(10-12)16-19-21-22-20-16/h4-11,15H,1-3H3,(H,18,24)(H,19,20,21,22)/t15-/m0/s1. The Morgan fingerprint density at radius 2 is 2.04 bits per heavy atom.